The Kier molecular flexibility index (Phi) is 6.68. The maximum absolute atomic E-state index is 14.7. The largest absolute Gasteiger partial charge is 0.496 e. The van der Waals surface area contributed by atoms with E-state index in [9.17, 15) is 19.1 Å². The quantitative estimate of drug-likeness (QED) is 0.590. The van der Waals surface area contributed by atoms with Gasteiger partial charge in [0.2, 0.25) is 5.91 Å². The van der Waals surface area contributed by atoms with E-state index < -0.39 is 5.97 Å². The molecular formula is C26H25FN2O4. The molecule has 0 aliphatic carbocycles. The number of carbonyl (C=O) groups excluding carboxylic acids is 1. The molecule has 1 aliphatic heterocycles. The summed E-state index contributed by atoms with van der Waals surface area (Å²) in [5.41, 5.74) is 4.24. The number of methoxy groups -OCH3 is 1. The van der Waals surface area contributed by atoms with Crippen molar-refractivity contribution in [3.8, 4) is 16.9 Å². The molecule has 1 N–H and O–H groups in total. The highest BCUT2D eigenvalue weighted by Crippen LogP contribution is 2.37. The van der Waals surface area contributed by atoms with Gasteiger partial charge in [-0.25, -0.2) is 4.39 Å². The van der Waals surface area contributed by atoms with E-state index in [1.54, 1.807) is 42.5 Å². The minimum atomic E-state index is -0.933. The Morgan fingerprint density at radius 1 is 1.12 bits per heavy atom. The van der Waals surface area contributed by atoms with Gasteiger partial charge in [0.1, 0.15) is 11.6 Å². The van der Waals surface area contributed by atoms with Crippen LogP contribution < -0.4 is 4.74 Å². The average molecular weight is 448 g/mol. The Hall–Kier alpha value is -3.74. The average Bonchev–Trinajstić information content (AvgIpc) is 2.83. The number of carboxylic acids is 1. The number of aliphatic carboxylic acids is 1. The molecule has 0 spiro atoms. The van der Waals surface area contributed by atoms with E-state index >= 15 is 0 Å². The van der Waals surface area contributed by atoms with Crippen LogP contribution in [0.5, 0.6) is 5.75 Å². The van der Waals surface area contributed by atoms with Gasteiger partial charge >= 0.3 is 5.97 Å². The third kappa shape index (κ3) is 5.03. The number of aryl methyl sites for hydroxylation is 1. The Bertz CT molecular complexity index is 1180. The molecule has 6 nitrogen and oxygen atoms in total. The number of nitrogens with zero attached hydrogens (tertiary/aromatic N) is 2. The predicted molar refractivity (Wildman–Crippen MR) is 121 cm³/mol. The van der Waals surface area contributed by atoms with Gasteiger partial charge in [-0.3, -0.25) is 14.6 Å². The summed E-state index contributed by atoms with van der Waals surface area (Å²) in [5, 5.41) is 9.18. The van der Waals surface area contributed by atoms with E-state index in [-0.39, 0.29) is 24.7 Å². The standard InChI is InChI=1S/C26H25FN2O4/c1-33-24-9-5-17(15-26(31)32)14-21(24)19-7-8-23(27)20-11-13-29(16-22(19)20)25(30)10-6-18-4-2-3-12-28-18/h2-5,7-9,12,14H,6,10-11,13,15-16H2,1H3,(H,31,32). The van der Waals surface area contributed by atoms with Crippen molar-refractivity contribution < 1.29 is 23.8 Å². The van der Waals surface area contributed by atoms with Crippen LogP contribution in [0.25, 0.3) is 11.1 Å². The number of carboxylic acid groups (broad SMARTS) is 1. The van der Waals surface area contributed by atoms with Crippen LogP contribution in [0.4, 0.5) is 4.39 Å². The fourth-order valence-corrected chi connectivity index (χ4v) is 4.29. The summed E-state index contributed by atoms with van der Waals surface area (Å²) in [6.07, 6.45) is 2.87. The van der Waals surface area contributed by atoms with Crippen molar-refractivity contribution in [1.29, 1.82) is 0 Å². The molecule has 4 rings (SSSR count). The second-order valence-electron chi connectivity index (χ2n) is 8.04. The molecule has 2 heterocycles. The topological polar surface area (TPSA) is 79.7 Å². The van der Waals surface area contributed by atoms with Gasteiger partial charge in [0.05, 0.1) is 13.5 Å². The zero-order chi connectivity index (χ0) is 23.4. The molecule has 0 saturated carbocycles. The molecule has 0 atom stereocenters. The van der Waals surface area contributed by atoms with Crippen LogP contribution in [0.2, 0.25) is 0 Å². The lowest BCUT2D eigenvalue weighted by Crippen LogP contribution is -2.36. The molecule has 0 saturated heterocycles. The molecule has 0 bridgehead atoms. The van der Waals surface area contributed by atoms with Crippen molar-refractivity contribution in [1.82, 2.24) is 9.88 Å². The maximum Gasteiger partial charge on any atom is 0.307 e. The summed E-state index contributed by atoms with van der Waals surface area (Å²) in [6, 6.07) is 13.9. The van der Waals surface area contributed by atoms with Crippen LogP contribution >= 0.6 is 0 Å². The Balaban J connectivity index is 1.64. The minimum absolute atomic E-state index is 0.00638. The summed E-state index contributed by atoms with van der Waals surface area (Å²) in [6.45, 7) is 0.737. The summed E-state index contributed by atoms with van der Waals surface area (Å²) < 4.78 is 20.2. The first-order valence-electron chi connectivity index (χ1n) is 10.8. The lowest BCUT2D eigenvalue weighted by Gasteiger charge is -2.31. The van der Waals surface area contributed by atoms with Crippen LogP contribution in [0.1, 0.15) is 28.8 Å². The number of rotatable bonds is 7. The van der Waals surface area contributed by atoms with E-state index in [0.29, 0.717) is 48.2 Å². The molecule has 7 heteroatoms. The lowest BCUT2D eigenvalue weighted by molar-refractivity contribution is -0.136. The van der Waals surface area contributed by atoms with E-state index in [2.05, 4.69) is 4.98 Å². The monoisotopic (exact) mass is 448 g/mol. The molecule has 1 amide bonds. The number of aromatic nitrogens is 1. The van der Waals surface area contributed by atoms with E-state index in [0.717, 1.165) is 16.8 Å². The SMILES string of the molecule is COc1ccc(CC(=O)O)cc1-c1ccc(F)c2c1CN(C(=O)CCc1ccccn1)CC2. The highest BCUT2D eigenvalue weighted by Gasteiger charge is 2.26. The summed E-state index contributed by atoms with van der Waals surface area (Å²) in [4.78, 5) is 30.1. The van der Waals surface area contributed by atoms with Crippen LogP contribution in [0.3, 0.4) is 0 Å². The molecule has 1 aliphatic rings. The van der Waals surface area contributed by atoms with Crippen molar-refractivity contribution >= 4 is 11.9 Å². The Labute approximate surface area is 191 Å². The molecule has 170 valence electrons. The summed E-state index contributed by atoms with van der Waals surface area (Å²) in [7, 11) is 1.54. The van der Waals surface area contributed by atoms with Gasteiger partial charge < -0.3 is 14.7 Å². The molecule has 2 aromatic carbocycles. The minimum Gasteiger partial charge on any atom is -0.496 e. The molecule has 0 unspecified atom stereocenters. The van der Waals surface area contributed by atoms with Crippen molar-refractivity contribution in [3.63, 3.8) is 0 Å². The zero-order valence-electron chi connectivity index (χ0n) is 18.4. The van der Waals surface area contributed by atoms with Crippen molar-refractivity contribution in [2.45, 2.75) is 32.2 Å². The van der Waals surface area contributed by atoms with E-state index in [1.165, 1.54) is 6.07 Å². The Morgan fingerprint density at radius 3 is 2.70 bits per heavy atom. The molecular weight excluding hydrogens is 423 g/mol. The zero-order valence-corrected chi connectivity index (χ0v) is 18.4. The van der Waals surface area contributed by atoms with Crippen LogP contribution in [-0.2, 0) is 35.4 Å². The number of benzene rings is 2. The number of fused-ring (bicyclic) bond motifs is 1. The van der Waals surface area contributed by atoms with Gasteiger partial charge in [0.25, 0.3) is 0 Å². The number of carbonyl (C=O) groups is 2. The first-order chi connectivity index (χ1) is 16.0. The van der Waals surface area contributed by atoms with Gasteiger partial charge in [-0.1, -0.05) is 18.2 Å². The maximum atomic E-state index is 14.7. The normalized spacial score (nSPS) is 12.8. The highest BCUT2D eigenvalue weighted by atomic mass is 19.1. The third-order valence-electron chi connectivity index (χ3n) is 5.94. The van der Waals surface area contributed by atoms with Crippen LogP contribution in [0, 0.1) is 5.82 Å². The summed E-state index contributed by atoms with van der Waals surface area (Å²) >= 11 is 0. The highest BCUT2D eigenvalue weighted by molar-refractivity contribution is 5.80. The first-order valence-corrected chi connectivity index (χ1v) is 10.8. The van der Waals surface area contributed by atoms with Crippen LogP contribution in [0.15, 0.2) is 54.7 Å². The van der Waals surface area contributed by atoms with Crippen LogP contribution in [-0.4, -0.2) is 40.5 Å². The van der Waals surface area contributed by atoms with Gasteiger partial charge in [-0.2, -0.15) is 0 Å². The van der Waals surface area contributed by atoms with Crippen molar-refractivity contribution in [2.24, 2.45) is 0 Å². The first kappa shape index (κ1) is 22.5. The number of halogens is 1. The van der Waals surface area contributed by atoms with Crippen molar-refractivity contribution in [2.75, 3.05) is 13.7 Å². The number of ether oxygens (including phenoxy) is 1. The molecule has 1 aromatic heterocycles. The van der Waals surface area contributed by atoms with Gasteiger partial charge in [0.15, 0.2) is 0 Å². The number of hydrogen-bond acceptors (Lipinski definition) is 4. The fourth-order valence-electron chi connectivity index (χ4n) is 4.29. The van der Waals surface area contributed by atoms with E-state index in [4.69, 9.17) is 4.74 Å². The van der Waals surface area contributed by atoms with Gasteiger partial charge in [-0.15, -0.1) is 0 Å². The lowest BCUT2D eigenvalue weighted by atomic mass is 9.89. The molecule has 0 fully saturated rings. The Morgan fingerprint density at radius 2 is 1.97 bits per heavy atom. The smallest absolute Gasteiger partial charge is 0.307 e. The molecule has 33 heavy (non-hydrogen) atoms. The van der Waals surface area contributed by atoms with Gasteiger partial charge in [0, 0.05) is 37.0 Å². The third-order valence-corrected chi connectivity index (χ3v) is 5.94. The van der Waals surface area contributed by atoms with E-state index in [1.807, 2.05) is 18.2 Å². The predicted octanol–water partition coefficient (Wildman–Crippen LogP) is 4.04. The fraction of sp³-hybridized carbons (Fsp3) is 0.269. The number of pyridine rings is 1. The number of hydrogen-bond donors (Lipinski definition) is 1. The molecule has 0 radical (unpaired) electrons. The second kappa shape index (κ2) is 9.81. The molecule has 3 aromatic rings. The summed E-state index contributed by atoms with van der Waals surface area (Å²) in [5.74, 6) is -0.670. The van der Waals surface area contributed by atoms with Gasteiger partial charge in [-0.05, 0) is 65.4 Å². The van der Waals surface area contributed by atoms with Crippen molar-refractivity contribution in [3.05, 3.63) is 82.9 Å². The number of amides is 1. The second-order valence-corrected chi connectivity index (χ2v) is 8.04.